The van der Waals surface area contributed by atoms with E-state index in [2.05, 4.69) is 19.9 Å². The summed E-state index contributed by atoms with van der Waals surface area (Å²) in [6.45, 7) is 7.63. The molecule has 0 unspecified atom stereocenters. The summed E-state index contributed by atoms with van der Waals surface area (Å²) in [6, 6.07) is 8.05. The standard InChI is InChI=1S/C9H10.CH3.V/c1-3-9-7-5-4-6-8(9)2;;/h4-7H,1-3H2;1H3;/q-2;-1;. The molecule has 1 aromatic carbocycles. The zero-order valence-electron chi connectivity index (χ0n) is 6.88. The fourth-order valence-corrected chi connectivity index (χ4v) is 0.801. The molecular formula is C10H13V-3. The molecule has 0 heterocycles. The Balaban J connectivity index is 0. The van der Waals surface area contributed by atoms with Crippen LogP contribution in [-0.4, -0.2) is 0 Å². The quantitative estimate of drug-likeness (QED) is 0.588. The molecule has 0 aromatic heterocycles. The molecule has 1 aromatic rings. The van der Waals surface area contributed by atoms with E-state index in [-0.39, 0.29) is 26.0 Å². The molecule has 61 valence electrons. The smallest absolute Gasteiger partial charge is 0 e. The van der Waals surface area contributed by atoms with Gasteiger partial charge >= 0.3 is 0 Å². The minimum absolute atomic E-state index is 0. The number of rotatable bonds is 1. The van der Waals surface area contributed by atoms with E-state index in [0.29, 0.717) is 0 Å². The van der Waals surface area contributed by atoms with E-state index in [9.17, 15) is 0 Å². The van der Waals surface area contributed by atoms with Gasteiger partial charge in [0.2, 0.25) is 0 Å². The van der Waals surface area contributed by atoms with Crippen LogP contribution in [0.4, 0.5) is 0 Å². The summed E-state index contributed by atoms with van der Waals surface area (Å²) >= 11 is 0. The third kappa shape index (κ3) is 3.55. The first-order valence-electron chi connectivity index (χ1n) is 3.03. The third-order valence-electron chi connectivity index (χ3n) is 1.39. The second kappa shape index (κ2) is 6.39. The van der Waals surface area contributed by atoms with Gasteiger partial charge in [0.1, 0.15) is 0 Å². The van der Waals surface area contributed by atoms with Gasteiger partial charge in [0, 0.05) is 18.6 Å². The van der Waals surface area contributed by atoms with Gasteiger partial charge < -0.3 is 14.4 Å². The van der Waals surface area contributed by atoms with Crippen molar-refractivity contribution in [1.82, 2.24) is 0 Å². The molecule has 0 atom stereocenters. The predicted octanol–water partition coefficient (Wildman–Crippen LogP) is 2.69. The van der Waals surface area contributed by atoms with E-state index in [0.717, 1.165) is 12.0 Å². The zero-order valence-corrected chi connectivity index (χ0v) is 8.27. The molecule has 0 N–H and O–H groups in total. The zero-order chi connectivity index (χ0) is 6.69. The monoisotopic (exact) mass is 184 g/mol. The molecule has 1 radical (unpaired) electrons. The van der Waals surface area contributed by atoms with Gasteiger partial charge in [-0.05, 0) is 0 Å². The maximum atomic E-state index is 3.85. The topological polar surface area (TPSA) is 0 Å². The first kappa shape index (κ1) is 13.3. The second-order valence-corrected chi connectivity index (χ2v) is 2.02. The maximum absolute atomic E-state index is 3.85. The van der Waals surface area contributed by atoms with Crippen LogP contribution in [-0.2, 0) is 25.0 Å². The summed E-state index contributed by atoms with van der Waals surface area (Å²) < 4.78 is 0. The van der Waals surface area contributed by atoms with E-state index >= 15 is 0 Å². The molecule has 0 nitrogen and oxygen atoms in total. The van der Waals surface area contributed by atoms with Crippen molar-refractivity contribution >= 4 is 0 Å². The Labute approximate surface area is 81.9 Å². The molecule has 0 amide bonds. The van der Waals surface area contributed by atoms with Crippen molar-refractivity contribution in [2.45, 2.75) is 6.42 Å². The Hall–Kier alpha value is -0.326. The predicted molar refractivity (Wildman–Crippen MR) is 46.4 cm³/mol. The van der Waals surface area contributed by atoms with Crippen molar-refractivity contribution in [3.8, 4) is 0 Å². The number of hydrogen-bond donors (Lipinski definition) is 0. The van der Waals surface area contributed by atoms with Crippen molar-refractivity contribution in [1.29, 1.82) is 0 Å². The molecular weight excluding hydrogens is 171 g/mol. The van der Waals surface area contributed by atoms with Gasteiger partial charge in [0.25, 0.3) is 0 Å². The minimum atomic E-state index is 0. The first-order chi connectivity index (χ1) is 4.34. The van der Waals surface area contributed by atoms with Crippen LogP contribution < -0.4 is 0 Å². The van der Waals surface area contributed by atoms with Crippen LogP contribution in [0.3, 0.4) is 0 Å². The Bertz CT molecular complexity index is 194. The summed E-state index contributed by atoms with van der Waals surface area (Å²) in [6.07, 6.45) is 0.833. The van der Waals surface area contributed by atoms with Crippen LogP contribution >= 0.6 is 0 Å². The molecule has 0 saturated heterocycles. The fraction of sp³-hybridized carbons (Fsp3) is 0.100. The Morgan fingerprint density at radius 2 is 1.73 bits per heavy atom. The fourth-order valence-electron chi connectivity index (χ4n) is 0.801. The van der Waals surface area contributed by atoms with Gasteiger partial charge in [0.05, 0.1) is 0 Å². The average Bonchev–Trinajstić information content (AvgIpc) is 1.89. The van der Waals surface area contributed by atoms with E-state index in [4.69, 9.17) is 0 Å². The number of benzene rings is 1. The number of hydrogen-bond acceptors (Lipinski definition) is 0. The molecule has 0 aliphatic carbocycles. The van der Waals surface area contributed by atoms with Crippen LogP contribution in [0.15, 0.2) is 24.3 Å². The van der Waals surface area contributed by atoms with Crippen LogP contribution in [0.1, 0.15) is 11.1 Å². The van der Waals surface area contributed by atoms with Crippen LogP contribution in [0.25, 0.3) is 0 Å². The summed E-state index contributed by atoms with van der Waals surface area (Å²) in [5, 5.41) is 0. The molecule has 1 heteroatoms. The van der Waals surface area contributed by atoms with Gasteiger partial charge in [-0.1, -0.05) is 6.07 Å². The molecule has 0 aliphatic rings. The van der Waals surface area contributed by atoms with Gasteiger partial charge in [0.15, 0.2) is 0 Å². The average molecular weight is 184 g/mol. The first-order valence-corrected chi connectivity index (χ1v) is 3.03. The van der Waals surface area contributed by atoms with Gasteiger partial charge in [-0.3, -0.25) is 0 Å². The molecule has 0 bridgehead atoms. The van der Waals surface area contributed by atoms with Gasteiger partial charge in [-0.2, -0.15) is 24.1 Å². The summed E-state index contributed by atoms with van der Waals surface area (Å²) in [5.41, 5.74) is 2.32. The van der Waals surface area contributed by atoms with Crippen LogP contribution in [0.5, 0.6) is 0 Å². The Morgan fingerprint density at radius 3 is 2.09 bits per heavy atom. The van der Waals surface area contributed by atoms with E-state index in [1.54, 1.807) is 0 Å². The largest absolute Gasteiger partial charge is 0.358 e. The maximum Gasteiger partial charge on any atom is 0 e. The SMILES string of the molecule is [CH2-]Cc1ccccc1[CH2-].[CH3-].[V]. The Kier molecular flexibility index (Phi) is 7.71. The van der Waals surface area contributed by atoms with Gasteiger partial charge in [-0.15, -0.1) is 12.1 Å². The second-order valence-electron chi connectivity index (χ2n) is 2.02. The van der Waals surface area contributed by atoms with Crippen molar-refractivity contribution < 1.29 is 18.6 Å². The van der Waals surface area contributed by atoms with Crippen molar-refractivity contribution in [2.75, 3.05) is 0 Å². The van der Waals surface area contributed by atoms with Gasteiger partial charge in [-0.25, -0.2) is 6.42 Å². The molecule has 0 saturated carbocycles. The summed E-state index contributed by atoms with van der Waals surface area (Å²) in [7, 11) is 0. The summed E-state index contributed by atoms with van der Waals surface area (Å²) in [5.74, 6) is 0. The van der Waals surface area contributed by atoms with Crippen LogP contribution in [0, 0.1) is 21.3 Å². The molecule has 0 spiro atoms. The van der Waals surface area contributed by atoms with E-state index in [1.165, 1.54) is 5.56 Å². The molecule has 0 aliphatic heterocycles. The van der Waals surface area contributed by atoms with Crippen LogP contribution in [0.2, 0.25) is 0 Å². The van der Waals surface area contributed by atoms with E-state index < -0.39 is 0 Å². The van der Waals surface area contributed by atoms with Crippen molar-refractivity contribution in [3.63, 3.8) is 0 Å². The molecule has 11 heavy (non-hydrogen) atoms. The van der Waals surface area contributed by atoms with Crippen molar-refractivity contribution in [3.05, 3.63) is 56.7 Å². The minimum Gasteiger partial charge on any atom is -0.358 e. The Morgan fingerprint density at radius 1 is 1.18 bits per heavy atom. The third-order valence-corrected chi connectivity index (χ3v) is 1.39. The summed E-state index contributed by atoms with van der Waals surface area (Å²) in [4.78, 5) is 0. The molecule has 0 fully saturated rings. The van der Waals surface area contributed by atoms with E-state index in [1.807, 2.05) is 18.2 Å². The molecule has 1 rings (SSSR count). The normalized spacial score (nSPS) is 7.73. The van der Waals surface area contributed by atoms with Crippen molar-refractivity contribution in [2.24, 2.45) is 0 Å².